The minimum atomic E-state index is -0.357. The van der Waals surface area contributed by atoms with Gasteiger partial charge in [-0.1, -0.05) is 60.7 Å². The third kappa shape index (κ3) is 6.41. The Bertz CT molecular complexity index is 1160. The molecule has 0 aliphatic heterocycles. The first-order chi connectivity index (χ1) is 17.1. The van der Waals surface area contributed by atoms with Gasteiger partial charge in [-0.05, 0) is 47.4 Å². The number of aromatic nitrogens is 3. The Labute approximate surface area is 205 Å². The normalized spacial score (nSPS) is 14.1. The summed E-state index contributed by atoms with van der Waals surface area (Å²) >= 11 is 0. The molecule has 0 saturated carbocycles. The van der Waals surface area contributed by atoms with Crippen molar-refractivity contribution in [3.63, 3.8) is 0 Å². The summed E-state index contributed by atoms with van der Waals surface area (Å²) < 4.78 is 1.57. The number of carbonyl (C=O) groups is 2. The first-order valence-corrected chi connectivity index (χ1v) is 12.1. The molecule has 4 rings (SSSR count). The summed E-state index contributed by atoms with van der Waals surface area (Å²) in [6, 6.07) is 16.1. The molecule has 0 fully saturated rings. The number of nitrogens with zero attached hydrogens (tertiary/aromatic N) is 4. The molecule has 2 amide bonds. The van der Waals surface area contributed by atoms with Crippen LogP contribution in [0.15, 0.2) is 59.7 Å². The fourth-order valence-corrected chi connectivity index (χ4v) is 4.48. The van der Waals surface area contributed by atoms with Gasteiger partial charge in [0.25, 0.3) is 5.91 Å². The van der Waals surface area contributed by atoms with E-state index >= 15 is 0 Å². The number of aryl methyl sites for hydroxylation is 1. The number of fused-ring (bicyclic) bond motifs is 1. The second-order valence-corrected chi connectivity index (χ2v) is 8.92. The molecule has 0 saturated heterocycles. The van der Waals surface area contributed by atoms with Crippen LogP contribution in [0, 0.1) is 5.92 Å². The third-order valence-corrected chi connectivity index (χ3v) is 6.38. The maximum Gasteiger partial charge on any atom is 0.274 e. The number of amides is 2. The van der Waals surface area contributed by atoms with Gasteiger partial charge < -0.3 is 10.6 Å². The van der Waals surface area contributed by atoms with Gasteiger partial charge in [0.1, 0.15) is 0 Å². The summed E-state index contributed by atoms with van der Waals surface area (Å²) in [7, 11) is 1.68. The van der Waals surface area contributed by atoms with Crippen LogP contribution >= 0.6 is 0 Å². The maximum atomic E-state index is 12.8. The van der Waals surface area contributed by atoms with Crippen LogP contribution in [0.2, 0.25) is 0 Å². The van der Waals surface area contributed by atoms with E-state index in [-0.39, 0.29) is 23.6 Å². The minimum Gasteiger partial charge on any atom is -0.354 e. The van der Waals surface area contributed by atoms with E-state index < -0.39 is 0 Å². The lowest BCUT2D eigenvalue weighted by molar-refractivity contribution is -0.122. The van der Waals surface area contributed by atoms with Gasteiger partial charge in [-0.25, -0.2) is 4.68 Å². The molecule has 1 aromatic heterocycles. The number of benzene rings is 2. The molecule has 0 bridgehead atoms. The van der Waals surface area contributed by atoms with Crippen LogP contribution in [-0.2, 0) is 30.6 Å². The lowest BCUT2D eigenvalue weighted by atomic mass is 10.0. The fraction of sp³-hybridized carbons (Fsp3) is 0.370. The molecule has 2 aromatic carbocycles. The SMILES string of the molecule is CCc1ccc(C(C=NC)NC(=O)c2cn(CCNC(=O)CC3Cc4ccccc4C3)nn2)cc1. The zero-order valence-electron chi connectivity index (χ0n) is 20.3. The first kappa shape index (κ1) is 24.3. The Hall–Kier alpha value is -3.81. The average molecular weight is 473 g/mol. The van der Waals surface area contributed by atoms with Crippen LogP contribution in [0.25, 0.3) is 0 Å². The number of hydrogen-bond donors (Lipinski definition) is 2. The van der Waals surface area contributed by atoms with E-state index in [9.17, 15) is 9.59 Å². The summed E-state index contributed by atoms with van der Waals surface area (Å²) in [5.74, 6) is 0.0640. The van der Waals surface area contributed by atoms with Crippen LogP contribution < -0.4 is 10.6 Å². The van der Waals surface area contributed by atoms with Crippen molar-refractivity contribution in [2.75, 3.05) is 13.6 Å². The van der Waals surface area contributed by atoms with Crippen LogP contribution in [0.1, 0.15) is 52.1 Å². The van der Waals surface area contributed by atoms with Crippen molar-refractivity contribution in [1.82, 2.24) is 25.6 Å². The van der Waals surface area contributed by atoms with Gasteiger partial charge in [0.2, 0.25) is 5.91 Å². The zero-order chi connectivity index (χ0) is 24.6. The summed E-state index contributed by atoms with van der Waals surface area (Å²) in [4.78, 5) is 29.2. The summed E-state index contributed by atoms with van der Waals surface area (Å²) in [5.41, 5.74) is 5.10. The van der Waals surface area contributed by atoms with Crippen molar-refractivity contribution in [2.45, 2.75) is 45.2 Å². The summed E-state index contributed by atoms with van der Waals surface area (Å²) in [5, 5.41) is 13.9. The van der Waals surface area contributed by atoms with Gasteiger partial charge in [0.15, 0.2) is 5.69 Å². The smallest absolute Gasteiger partial charge is 0.274 e. The molecule has 2 N–H and O–H groups in total. The highest BCUT2D eigenvalue weighted by Gasteiger charge is 2.23. The zero-order valence-corrected chi connectivity index (χ0v) is 20.3. The molecule has 35 heavy (non-hydrogen) atoms. The standard InChI is InChI=1S/C27H32N6O2/c1-3-19-8-10-21(11-9-19)24(17-28-2)30-27(35)25-18-33(32-31-25)13-12-29-26(34)16-20-14-22-6-4-5-7-23(22)15-20/h4-11,17-18,20,24H,3,12-16H2,1-2H3,(H,29,34)(H,30,35). The van der Waals surface area contributed by atoms with Crippen LogP contribution in [-0.4, -0.2) is 46.6 Å². The molecule has 8 heteroatoms. The topological polar surface area (TPSA) is 101 Å². The Morgan fingerprint density at radius 2 is 1.86 bits per heavy atom. The molecule has 1 aliphatic rings. The highest BCUT2D eigenvalue weighted by Crippen LogP contribution is 2.28. The van der Waals surface area contributed by atoms with Gasteiger partial charge in [0.05, 0.1) is 18.8 Å². The van der Waals surface area contributed by atoms with Crippen molar-refractivity contribution >= 4 is 18.0 Å². The molecule has 1 heterocycles. The molecule has 8 nitrogen and oxygen atoms in total. The predicted octanol–water partition coefficient (Wildman–Crippen LogP) is 2.93. The van der Waals surface area contributed by atoms with E-state index in [2.05, 4.69) is 57.1 Å². The van der Waals surface area contributed by atoms with Crippen LogP contribution in [0.3, 0.4) is 0 Å². The molecule has 3 aromatic rings. The Balaban J connectivity index is 1.24. The van der Waals surface area contributed by atoms with Gasteiger partial charge in [0, 0.05) is 26.2 Å². The van der Waals surface area contributed by atoms with Crippen molar-refractivity contribution in [3.05, 3.63) is 82.7 Å². The Kier molecular flexibility index (Phi) is 8.03. The third-order valence-electron chi connectivity index (χ3n) is 6.38. The largest absolute Gasteiger partial charge is 0.354 e. The number of nitrogens with one attached hydrogen (secondary N) is 2. The highest BCUT2D eigenvalue weighted by molar-refractivity contribution is 5.94. The highest BCUT2D eigenvalue weighted by atomic mass is 16.2. The van der Waals surface area contributed by atoms with E-state index in [1.54, 1.807) is 24.1 Å². The number of rotatable bonds is 10. The predicted molar refractivity (Wildman–Crippen MR) is 135 cm³/mol. The quantitative estimate of drug-likeness (QED) is 0.443. The lowest BCUT2D eigenvalue weighted by Gasteiger charge is -2.14. The Morgan fingerprint density at radius 1 is 1.14 bits per heavy atom. The number of aliphatic imine (C=N–C) groups is 1. The van der Waals surface area contributed by atoms with E-state index in [0.29, 0.717) is 25.4 Å². The number of carbonyl (C=O) groups excluding carboxylic acids is 2. The van der Waals surface area contributed by atoms with E-state index in [0.717, 1.165) is 24.8 Å². The number of hydrogen-bond acceptors (Lipinski definition) is 5. The second kappa shape index (κ2) is 11.6. The van der Waals surface area contributed by atoms with Gasteiger partial charge in [-0.15, -0.1) is 5.10 Å². The van der Waals surface area contributed by atoms with Gasteiger partial charge >= 0.3 is 0 Å². The molecule has 0 spiro atoms. The van der Waals surface area contributed by atoms with Crippen LogP contribution in [0.4, 0.5) is 0 Å². The minimum absolute atomic E-state index is 0.0386. The second-order valence-electron chi connectivity index (χ2n) is 8.92. The summed E-state index contributed by atoms with van der Waals surface area (Å²) in [6.45, 7) is 2.97. The first-order valence-electron chi connectivity index (χ1n) is 12.1. The fourth-order valence-electron chi connectivity index (χ4n) is 4.48. The van der Waals surface area contributed by atoms with Crippen molar-refractivity contribution in [2.24, 2.45) is 10.9 Å². The maximum absolute atomic E-state index is 12.8. The Morgan fingerprint density at radius 3 is 2.51 bits per heavy atom. The van der Waals surface area contributed by atoms with E-state index in [1.807, 2.05) is 24.3 Å². The van der Waals surface area contributed by atoms with Crippen molar-refractivity contribution in [1.29, 1.82) is 0 Å². The lowest BCUT2D eigenvalue weighted by Crippen LogP contribution is -2.30. The summed E-state index contributed by atoms with van der Waals surface area (Å²) in [6.07, 6.45) is 6.67. The van der Waals surface area contributed by atoms with Crippen LogP contribution in [0.5, 0.6) is 0 Å². The molecular weight excluding hydrogens is 440 g/mol. The molecular formula is C27H32N6O2. The van der Waals surface area contributed by atoms with E-state index in [4.69, 9.17) is 0 Å². The molecule has 1 unspecified atom stereocenters. The van der Waals surface area contributed by atoms with Gasteiger partial charge in [-0.3, -0.25) is 14.6 Å². The molecule has 182 valence electrons. The monoisotopic (exact) mass is 472 g/mol. The molecule has 0 radical (unpaired) electrons. The van der Waals surface area contributed by atoms with Crippen molar-refractivity contribution in [3.8, 4) is 0 Å². The average Bonchev–Trinajstić information content (AvgIpc) is 3.50. The molecule has 1 atom stereocenters. The van der Waals surface area contributed by atoms with E-state index in [1.165, 1.54) is 16.7 Å². The van der Waals surface area contributed by atoms with Gasteiger partial charge in [-0.2, -0.15) is 0 Å². The van der Waals surface area contributed by atoms with Crippen molar-refractivity contribution < 1.29 is 9.59 Å². The molecule has 1 aliphatic carbocycles.